The highest BCUT2D eigenvalue weighted by Gasteiger charge is 2.49. The molecule has 0 aromatic heterocycles. The van der Waals surface area contributed by atoms with Gasteiger partial charge < -0.3 is 19.3 Å². The number of aliphatic hydroxyl groups is 1. The van der Waals surface area contributed by atoms with Crippen LogP contribution in [0, 0.1) is 11.8 Å². The molecule has 31 heavy (non-hydrogen) atoms. The fraction of sp³-hybridized carbons (Fsp3) is 0.760. The van der Waals surface area contributed by atoms with Crippen LogP contribution in [0.2, 0.25) is 0 Å². The van der Waals surface area contributed by atoms with Gasteiger partial charge in [0, 0.05) is 25.7 Å². The van der Waals surface area contributed by atoms with Gasteiger partial charge in [0.15, 0.2) is 0 Å². The summed E-state index contributed by atoms with van der Waals surface area (Å²) in [6, 6.07) is 0. The van der Waals surface area contributed by atoms with Crippen molar-refractivity contribution in [3.63, 3.8) is 0 Å². The number of ether oxygens (including phenoxy) is 3. The molecule has 6 heteroatoms. The molecule has 2 unspecified atom stereocenters. The van der Waals surface area contributed by atoms with E-state index in [1.54, 1.807) is 0 Å². The summed E-state index contributed by atoms with van der Waals surface area (Å²) < 4.78 is 16.6. The summed E-state index contributed by atoms with van der Waals surface area (Å²) in [4.78, 5) is 22.9. The van der Waals surface area contributed by atoms with Crippen LogP contribution in [0.25, 0.3) is 0 Å². The molecule has 0 spiro atoms. The molecule has 6 atom stereocenters. The third kappa shape index (κ3) is 8.41. The maximum absolute atomic E-state index is 11.6. The lowest BCUT2D eigenvalue weighted by molar-refractivity contribution is -0.148. The Bertz CT molecular complexity index is 661. The zero-order valence-electron chi connectivity index (χ0n) is 19.8. The number of carbonyl (C=O) groups is 2. The Balaban J connectivity index is 1.95. The van der Waals surface area contributed by atoms with Gasteiger partial charge in [-0.3, -0.25) is 9.59 Å². The number of rotatable bonds is 11. The molecule has 1 N–H and O–H groups in total. The zero-order chi connectivity index (χ0) is 23.0. The van der Waals surface area contributed by atoms with E-state index in [1.165, 1.54) is 19.6 Å². The van der Waals surface area contributed by atoms with E-state index < -0.39 is 5.60 Å². The Kier molecular flexibility index (Phi) is 9.76. The van der Waals surface area contributed by atoms with Crippen LogP contribution in [0.1, 0.15) is 79.1 Å². The normalized spacial score (nSPS) is 29.4. The number of hydrogen-bond acceptors (Lipinski definition) is 6. The van der Waals surface area contributed by atoms with Crippen molar-refractivity contribution in [2.75, 3.05) is 7.11 Å². The van der Waals surface area contributed by atoms with E-state index in [9.17, 15) is 14.7 Å². The highest BCUT2D eigenvalue weighted by atomic mass is 16.6. The maximum Gasteiger partial charge on any atom is 0.305 e. The van der Waals surface area contributed by atoms with E-state index in [0.29, 0.717) is 19.3 Å². The molecule has 0 bridgehead atoms. The maximum atomic E-state index is 11.6. The van der Waals surface area contributed by atoms with Crippen molar-refractivity contribution in [3.8, 4) is 0 Å². The van der Waals surface area contributed by atoms with Crippen molar-refractivity contribution < 1.29 is 28.9 Å². The summed E-state index contributed by atoms with van der Waals surface area (Å²) >= 11 is 0. The lowest BCUT2D eigenvalue weighted by atomic mass is 9.87. The molecule has 0 amide bonds. The van der Waals surface area contributed by atoms with Crippen molar-refractivity contribution in [1.82, 2.24) is 0 Å². The largest absolute Gasteiger partial charge is 0.469 e. The van der Waals surface area contributed by atoms with Gasteiger partial charge in [0.2, 0.25) is 0 Å². The van der Waals surface area contributed by atoms with E-state index in [-0.39, 0.29) is 42.1 Å². The fourth-order valence-electron chi connectivity index (χ4n) is 4.75. The van der Waals surface area contributed by atoms with Crippen LogP contribution in [-0.2, 0) is 23.8 Å². The first-order valence-electron chi connectivity index (χ1n) is 11.6. The van der Waals surface area contributed by atoms with E-state index in [4.69, 9.17) is 9.47 Å². The molecule has 0 radical (unpaired) electrons. The molecule has 176 valence electrons. The first-order chi connectivity index (χ1) is 14.6. The van der Waals surface area contributed by atoms with Gasteiger partial charge in [0.25, 0.3) is 0 Å². The molecule has 2 rings (SSSR count). The molecular formula is C25H40O6. The standard InChI is InChI=1S/C25H40O6/c1-17(2)9-8-13-25(4,28)14-12-20-21-15-19(10-6-7-11-24(27)29-5)31-23(21)16-22(20)30-18(3)26/h9,12,14,19-23,28H,6-8,10-11,13,15-16H2,1-5H3/b14-12+/t19-,20+,21+,22?,23-,25?/m0/s1. The molecule has 2 aliphatic rings. The number of fused-ring (bicyclic) bond motifs is 1. The van der Waals surface area contributed by atoms with Crippen LogP contribution in [0.5, 0.6) is 0 Å². The lowest BCUT2D eigenvalue weighted by Crippen LogP contribution is -2.26. The van der Waals surface area contributed by atoms with Gasteiger partial charge >= 0.3 is 11.9 Å². The lowest BCUT2D eigenvalue weighted by Gasteiger charge is -2.24. The Morgan fingerprint density at radius 3 is 2.58 bits per heavy atom. The average Bonchev–Trinajstić information content (AvgIpc) is 3.19. The second-order valence-electron chi connectivity index (χ2n) is 9.52. The highest BCUT2D eigenvalue weighted by Crippen LogP contribution is 2.46. The topological polar surface area (TPSA) is 82.1 Å². The Morgan fingerprint density at radius 2 is 1.94 bits per heavy atom. The minimum atomic E-state index is -0.905. The van der Waals surface area contributed by atoms with E-state index >= 15 is 0 Å². The number of carbonyl (C=O) groups excluding carboxylic acids is 2. The summed E-state index contributed by atoms with van der Waals surface area (Å²) in [6.07, 6.45) is 12.2. The van der Waals surface area contributed by atoms with E-state index in [1.807, 2.05) is 19.1 Å². The Labute approximate surface area is 187 Å². The molecule has 1 heterocycles. The fourth-order valence-corrected chi connectivity index (χ4v) is 4.75. The molecule has 0 aromatic rings. The summed E-state index contributed by atoms with van der Waals surface area (Å²) in [7, 11) is 1.41. The van der Waals surface area contributed by atoms with Crippen molar-refractivity contribution in [2.45, 2.75) is 103 Å². The molecule has 6 nitrogen and oxygen atoms in total. The number of esters is 2. The van der Waals surface area contributed by atoms with Crippen LogP contribution in [0.4, 0.5) is 0 Å². The second kappa shape index (κ2) is 11.8. The number of unbranched alkanes of at least 4 members (excludes halogenated alkanes) is 1. The van der Waals surface area contributed by atoms with Gasteiger partial charge in [0.1, 0.15) is 6.10 Å². The molecule has 1 aliphatic carbocycles. The minimum absolute atomic E-state index is 0.0453. The van der Waals surface area contributed by atoms with Crippen LogP contribution < -0.4 is 0 Å². The third-order valence-corrected chi connectivity index (χ3v) is 6.35. The summed E-state index contributed by atoms with van der Waals surface area (Å²) in [5.41, 5.74) is 0.339. The van der Waals surface area contributed by atoms with Gasteiger partial charge in [-0.2, -0.15) is 0 Å². The summed E-state index contributed by atoms with van der Waals surface area (Å²) in [5, 5.41) is 10.8. The first kappa shape index (κ1) is 25.6. The predicted octanol–water partition coefficient (Wildman–Crippen LogP) is 4.50. The molecule has 0 aromatic carbocycles. The number of allylic oxidation sites excluding steroid dienone is 2. The van der Waals surface area contributed by atoms with Crippen LogP contribution >= 0.6 is 0 Å². The van der Waals surface area contributed by atoms with Gasteiger partial charge in [-0.25, -0.2) is 0 Å². The SMILES string of the molecule is COC(=O)CCCC[C@H]1C[C@H]2[C@H](CC(OC(C)=O)[C@@H]2/C=C/C(C)(O)CCC=C(C)C)O1. The van der Waals surface area contributed by atoms with E-state index in [0.717, 1.165) is 32.1 Å². The predicted molar refractivity (Wildman–Crippen MR) is 119 cm³/mol. The van der Waals surface area contributed by atoms with Gasteiger partial charge in [0.05, 0.1) is 24.9 Å². The molecule has 1 aliphatic heterocycles. The van der Waals surface area contributed by atoms with Gasteiger partial charge in [-0.1, -0.05) is 30.2 Å². The molecule has 1 saturated carbocycles. The van der Waals surface area contributed by atoms with Crippen molar-refractivity contribution in [1.29, 1.82) is 0 Å². The average molecular weight is 437 g/mol. The Morgan fingerprint density at radius 1 is 1.19 bits per heavy atom. The van der Waals surface area contributed by atoms with Crippen LogP contribution in [-0.4, -0.2) is 48.1 Å². The van der Waals surface area contributed by atoms with Gasteiger partial charge in [-0.05, 0) is 58.8 Å². The second-order valence-corrected chi connectivity index (χ2v) is 9.52. The van der Waals surface area contributed by atoms with Crippen molar-refractivity contribution in [3.05, 3.63) is 23.8 Å². The number of hydrogen-bond donors (Lipinski definition) is 1. The third-order valence-electron chi connectivity index (χ3n) is 6.35. The minimum Gasteiger partial charge on any atom is -0.469 e. The van der Waals surface area contributed by atoms with E-state index in [2.05, 4.69) is 24.7 Å². The Hall–Kier alpha value is -1.66. The molecular weight excluding hydrogens is 396 g/mol. The quantitative estimate of drug-likeness (QED) is 0.292. The first-order valence-corrected chi connectivity index (χ1v) is 11.6. The van der Waals surface area contributed by atoms with Crippen molar-refractivity contribution >= 4 is 11.9 Å². The summed E-state index contributed by atoms with van der Waals surface area (Å²) in [6.45, 7) is 7.37. The van der Waals surface area contributed by atoms with Crippen LogP contribution in [0.15, 0.2) is 23.8 Å². The monoisotopic (exact) mass is 436 g/mol. The summed E-state index contributed by atoms with van der Waals surface area (Å²) in [5.74, 6) is -0.128. The van der Waals surface area contributed by atoms with Crippen molar-refractivity contribution in [2.24, 2.45) is 11.8 Å². The highest BCUT2D eigenvalue weighted by molar-refractivity contribution is 5.69. The van der Waals surface area contributed by atoms with Gasteiger partial charge in [-0.15, -0.1) is 0 Å². The number of methoxy groups -OCH3 is 1. The molecule has 1 saturated heterocycles. The smallest absolute Gasteiger partial charge is 0.305 e. The van der Waals surface area contributed by atoms with Crippen LogP contribution in [0.3, 0.4) is 0 Å². The molecule has 2 fully saturated rings. The zero-order valence-corrected chi connectivity index (χ0v) is 19.8.